The number of rotatable bonds is 1. The van der Waals surface area contributed by atoms with Gasteiger partial charge in [0.2, 0.25) is 0 Å². The molecule has 0 fully saturated rings. The van der Waals surface area contributed by atoms with Crippen molar-refractivity contribution >= 4 is 28.5 Å². The van der Waals surface area contributed by atoms with Gasteiger partial charge in [-0.2, -0.15) is 0 Å². The summed E-state index contributed by atoms with van der Waals surface area (Å²) in [5.74, 6) is -1.65. The van der Waals surface area contributed by atoms with Crippen LogP contribution in [-0.2, 0) is 9.59 Å². The first-order chi connectivity index (χ1) is 11.1. The smallest absolute Gasteiger partial charge is 0.266 e. The fourth-order valence-corrected chi connectivity index (χ4v) is 3.18. The van der Waals surface area contributed by atoms with Crippen LogP contribution in [0.15, 0.2) is 34.3 Å². The Morgan fingerprint density at radius 3 is 2.35 bits per heavy atom. The molecule has 0 atom stereocenters. The van der Waals surface area contributed by atoms with Gasteiger partial charge in [-0.1, -0.05) is 0 Å². The Morgan fingerprint density at radius 1 is 1.04 bits per heavy atom. The third-order valence-electron chi connectivity index (χ3n) is 4.28. The molecule has 1 aromatic carbocycles. The lowest BCUT2D eigenvalue weighted by atomic mass is 9.93. The van der Waals surface area contributed by atoms with Crippen molar-refractivity contribution in [2.45, 2.75) is 25.7 Å². The van der Waals surface area contributed by atoms with Crippen molar-refractivity contribution in [3.63, 3.8) is 0 Å². The van der Waals surface area contributed by atoms with Gasteiger partial charge in [0.25, 0.3) is 17.4 Å². The van der Waals surface area contributed by atoms with Gasteiger partial charge in [0.15, 0.2) is 0 Å². The molecule has 2 heterocycles. The molecule has 7 heteroatoms. The Balaban J connectivity index is 1.86. The van der Waals surface area contributed by atoms with Crippen LogP contribution in [0.2, 0.25) is 0 Å². The van der Waals surface area contributed by atoms with Crippen LogP contribution < -0.4 is 10.5 Å². The zero-order chi connectivity index (χ0) is 16.1. The summed E-state index contributed by atoms with van der Waals surface area (Å²) in [6, 6.07) is 2.39. The molecule has 2 aliphatic rings. The van der Waals surface area contributed by atoms with Crippen LogP contribution in [0.3, 0.4) is 0 Å². The van der Waals surface area contributed by atoms with Crippen molar-refractivity contribution in [2.75, 3.05) is 4.90 Å². The van der Waals surface area contributed by atoms with E-state index in [9.17, 15) is 18.8 Å². The van der Waals surface area contributed by atoms with Gasteiger partial charge < -0.3 is 4.98 Å². The van der Waals surface area contributed by atoms with E-state index in [1.54, 1.807) is 0 Å². The van der Waals surface area contributed by atoms with Gasteiger partial charge in [0.1, 0.15) is 5.82 Å². The summed E-state index contributed by atoms with van der Waals surface area (Å²) in [5.41, 5.74) is 0.917. The van der Waals surface area contributed by atoms with E-state index >= 15 is 0 Å². The molecule has 1 aromatic heterocycles. The average molecular weight is 313 g/mol. The predicted octanol–water partition coefficient (Wildman–Crippen LogP) is 1.81. The number of aromatic nitrogens is 2. The summed E-state index contributed by atoms with van der Waals surface area (Å²) in [6.45, 7) is 0. The van der Waals surface area contributed by atoms with E-state index in [0.717, 1.165) is 30.0 Å². The second-order valence-corrected chi connectivity index (χ2v) is 5.68. The number of halogens is 1. The van der Waals surface area contributed by atoms with Gasteiger partial charge >= 0.3 is 0 Å². The van der Waals surface area contributed by atoms with E-state index in [1.165, 1.54) is 6.07 Å². The number of benzene rings is 1. The lowest BCUT2D eigenvalue weighted by Gasteiger charge is -2.16. The Labute approximate surface area is 129 Å². The normalized spacial score (nSPS) is 18.0. The summed E-state index contributed by atoms with van der Waals surface area (Å²) in [5, 5.41) is 0. The lowest BCUT2D eigenvalue weighted by molar-refractivity contribution is -0.120. The second-order valence-electron chi connectivity index (χ2n) is 5.68. The Bertz CT molecular complexity index is 933. The molecule has 0 saturated carbocycles. The molecule has 116 valence electrons. The van der Waals surface area contributed by atoms with Gasteiger partial charge in [-0.05, 0) is 31.7 Å². The van der Waals surface area contributed by atoms with Crippen molar-refractivity contribution in [3.8, 4) is 0 Å². The number of nitrogens with zero attached hydrogens (tertiary/aromatic N) is 2. The first-order valence-corrected chi connectivity index (χ1v) is 7.35. The molecular formula is C16H12FN3O3. The summed E-state index contributed by atoms with van der Waals surface area (Å²) in [4.78, 5) is 43.6. The molecule has 0 radical (unpaired) electrons. The number of H-pyrrole nitrogens is 1. The highest BCUT2D eigenvalue weighted by Gasteiger charge is 2.40. The first-order valence-electron chi connectivity index (χ1n) is 7.35. The Hall–Kier alpha value is -2.83. The second kappa shape index (κ2) is 4.84. The van der Waals surface area contributed by atoms with Crippen molar-refractivity contribution in [1.29, 1.82) is 0 Å². The largest absolute Gasteiger partial charge is 0.319 e. The minimum absolute atomic E-state index is 0.148. The maximum atomic E-state index is 14.4. The van der Waals surface area contributed by atoms with E-state index < -0.39 is 23.2 Å². The van der Waals surface area contributed by atoms with Crippen LogP contribution in [0.1, 0.15) is 25.7 Å². The molecule has 2 aromatic rings. The van der Waals surface area contributed by atoms with Crippen LogP contribution in [0.4, 0.5) is 10.1 Å². The first kappa shape index (κ1) is 13.8. The quantitative estimate of drug-likeness (QED) is 0.814. The van der Waals surface area contributed by atoms with Gasteiger partial charge in [0, 0.05) is 17.2 Å². The fraction of sp³-hybridized carbons (Fsp3) is 0.250. The number of hydrogen-bond donors (Lipinski definition) is 1. The summed E-state index contributed by atoms with van der Waals surface area (Å²) in [6.07, 6.45) is 3.84. The monoisotopic (exact) mass is 313 g/mol. The van der Waals surface area contributed by atoms with Crippen LogP contribution in [0.5, 0.6) is 0 Å². The molecule has 23 heavy (non-hydrogen) atoms. The number of hydrogen-bond acceptors (Lipinski definition) is 4. The van der Waals surface area contributed by atoms with E-state index in [1.807, 2.05) is 0 Å². The third-order valence-corrected chi connectivity index (χ3v) is 4.28. The van der Waals surface area contributed by atoms with E-state index in [-0.39, 0.29) is 16.7 Å². The summed E-state index contributed by atoms with van der Waals surface area (Å²) in [7, 11) is 0. The van der Waals surface area contributed by atoms with E-state index in [0.29, 0.717) is 24.0 Å². The standard InChI is InChI=1S/C16H12FN3O3/c17-10-5-11-12(19-14(21)7-18-11)6-13(10)20-15(22)8-3-1-2-4-9(8)16(20)23/h5-7H,1-4H2,(H,19,21). The minimum Gasteiger partial charge on any atom is -0.319 e. The lowest BCUT2D eigenvalue weighted by Crippen LogP contribution is -2.32. The van der Waals surface area contributed by atoms with Crippen molar-refractivity contribution in [2.24, 2.45) is 0 Å². The van der Waals surface area contributed by atoms with Crippen LogP contribution in [-0.4, -0.2) is 21.8 Å². The molecule has 4 rings (SSSR count). The number of carbonyl (C=O) groups excluding carboxylic acids is 2. The molecule has 0 saturated heterocycles. The van der Waals surface area contributed by atoms with E-state index in [2.05, 4.69) is 9.97 Å². The molecular weight excluding hydrogens is 301 g/mol. The number of nitrogens with one attached hydrogen (secondary N) is 1. The number of amides is 2. The summed E-state index contributed by atoms with van der Waals surface area (Å²) >= 11 is 0. The van der Waals surface area contributed by atoms with Gasteiger partial charge in [0.05, 0.1) is 22.9 Å². The van der Waals surface area contributed by atoms with Crippen molar-refractivity contribution in [3.05, 3.63) is 45.6 Å². The van der Waals surface area contributed by atoms with Crippen LogP contribution >= 0.6 is 0 Å². The number of carbonyl (C=O) groups is 2. The minimum atomic E-state index is -0.724. The van der Waals surface area contributed by atoms with Crippen LogP contribution in [0, 0.1) is 5.82 Å². The SMILES string of the molecule is O=C1C2=C(CCCC2)C(=O)N1c1cc2[nH]c(=O)cnc2cc1F. The number of imide groups is 1. The zero-order valence-corrected chi connectivity index (χ0v) is 12.1. The molecule has 6 nitrogen and oxygen atoms in total. The molecule has 0 unspecified atom stereocenters. The summed E-state index contributed by atoms with van der Waals surface area (Å²) < 4.78 is 14.4. The highest BCUT2D eigenvalue weighted by molar-refractivity contribution is 6.33. The van der Waals surface area contributed by atoms with Gasteiger partial charge in [-0.25, -0.2) is 14.3 Å². The van der Waals surface area contributed by atoms with Crippen molar-refractivity contribution in [1.82, 2.24) is 9.97 Å². The zero-order valence-electron chi connectivity index (χ0n) is 12.1. The average Bonchev–Trinajstić information content (AvgIpc) is 2.79. The highest BCUT2D eigenvalue weighted by Crippen LogP contribution is 2.37. The number of aromatic amines is 1. The Morgan fingerprint density at radius 2 is 1.70 bits per heavy atom. The van der Waals surface area contributed by atoms with Crippen LogP contribution in [0.25, 0.3) is 11.0 Å². The molecule has 1 N–H and O–H groups in total. The number of fused-ring (bicyclic) bond motifs is 1. The van der Waals surface area contributed by atoms with Gasteiger partial charge in [-0.15, -0.1) is 0 Å². The van der Waals surface area contributed by atoms with Crippen molar-refractivity contribution < 1.29 is 14.0 Å². The molecule has 0 spiro atoms. The molecule has 0 bridgehead atoms. The fourth-order valence-electron chi connectivity index (χ4n) is 3.18. The highest BCUT2D eigenvalue weighted by atomic mass is 19.1. The third kappa shape index (κ3) is 2.00. The maximum absolute atomic E-state index is 14.4. The predicted molar refractivity (Wildman–Crippen MR) is 80.3 cm³/mol. The van der Waals surface area contributed by atoms with E-state index in [4.69, 9.17) is 0 Å². The molecule has 2 amide bonds. The number of anilines is 1. The maximum Gasteiger partial charge on any atom is 0.266 e. The molecule has 1 aliphatic heterocycles. The van der Waals surface area contributed by atoms with Gasteiger partial charge in [-0.3, -0.25) is 14.4 Å². The topological polar surface area (TPSA) is 83.1 Å². The molecule has 1 aliphatic carbocycles. The Kier molecular flexibility index (Phi) is 2.90.